The molecule has 0 amide bonds. The number of ether oxygens (including phenoxy) is 1. The molecule has 1 aliphatic heterocycles. The largest absolute Gasteiger partial charge is 0.378 e. The zero-order valence-electron chi connectivity index (χ0n) is 14.8. The predicted molar refractivity (Wildman–Crippen MR) is 104 cm³/mol. The van der Waals surface area contributed by atoms with Gasteiger partial charge in [-0.3, -0.25) is 0 Å². The fourth-order valence-electron chi connectivity index (χ4n) is 2.86. The van der Waals surface area contributed by atoms with Crippen LogP contribution in [0.15, 0.2) is 35.2 Å². The highest BCUT2D eigenvalue weighted by Gasteiger charge is 2.20. The number of pyridine rings is 1. The van der Waals surface area contributed by atoms with Crippen molar-refractivity contribution in [3.05, 3.63) is 35.9 Å². The summed E-state index contributed by atoms with van der Waals surface area (Å²) in [5.74, 6) is 0.768. The lowest BCUT2D eigenvalue weighted by molar-refractivity contribution is 0.122. The van der Waals surface area contributed by atoms with Crippen LogP contribution in [0.4, 0.5) is 11.5 Å². The molecule has 0 unspecified atom stereocenters. The minimum Gasteiger partial charge on any atom is -0.378 e. The summed E-state index contributed by atoms with van der Waals surface area (Å²) < 4.78 is 5.44. The van der Waals surface area contributed by atoms with Crippen LogP contribution in [-0.2, 0) is 4.74 Å². The number of hydrogen-bond acceptors (Lipinski definition) is 6. The fourth-order valence-corrected chi connectivity index (χ4v) is 3.43. The molecule has 1 saturated heterocycles. The van der Waals surface area contributed by atoms with Crippen LogP contribution in [0, 0.1) is 11.3 Å². The number of rotatable bonds is 4. The Bertz CT molecular complexity index is 777. The number of nitriles is 1. The number of nitrogens with zero attached hydrogens (tertiary/aromatic N) is 4. The van der Waals surface area contributed by atoms with E-state index in [9.17, 15) is 5.26 Å². The third-order valence-corrected chi connectivity index (χ3v) is 5.05. The molecule has 5 nitrogen and oxygen atoms in total. The molecule has 3 rings (SSSR count). The second-order valence-corrected chi connectivity index (χ2v) is 6.91. The summed E-state index contributed by atoms with van der Waals surface area (Å²) in [5, 5.41) is 9.65. The summed E-state index contributed by atoms with van der Waals surface area (Å²) in [6, 6.07) is 12.7. The Kier molecular flexibility index (Phi) is 5.47. The normalized spacial score (nSPS) is 14.2. The van der Waals surface area contributed by atoms with E-state index in [2.05, 4.69) is 40.1 Å². The highest BCUT2D eigenvalue weighted by atomic mass is 32.2. The molecule has 0 N–H and O–H groups in total. The Morgan fingerprint density at radius 3 is 2.44 bits per heavy atom. The summed E-state index contributed by atoms with van der Waals surface area (Å²) >= 11 is 1.59. The maximum Gasteiger partial charge on any atom is 0.148 e. The zero-order chi connectivity index (χ0) is 17.8. The van der Waals surface area contributed by atoms with Crippen molar-refractivity contribution in [3.63, 3.8) is 0 Å². The number of benzene rings is 1. The molecule has 0 aliphatic carbocycles. The van der Waals surface area contributed by atoms with E-state index in [0.717, 1.165) is 40.7 Å². The molecule has 6 heteroatoms. The van der Waals surface area contributed by atoms with E-state index in [1.807, 2.05) is 26.4 Å². The highest BCUT2D eigenvalue weighted by Crippen LogP contribution is 2.33. The molecule has 1 aromatic heterocycles. The monoisotopic (exact) mass is 354 g/mol. The molecule has 0 radical (unpaired) electrons. The molecule has 1 aliphatic rings. The Labute approximate surface area is 153 Å². The first-order valence-electron chi connectivity index (χ1n) is 8.23. The number of aromatic nitrogens is 1. The van der Waals surface area contributed by atoms with Crippen LogP contribution >= 0.6 is 11.8 Å². The van der Waals surface area contributed by atoms with E-state index in [0.29, 0.717) is 18.8 Å². The standard InChI is InChI=1S/C19H22N4OS/c1-22(2)15-6-4-14(5-7-15)17-12-18(25-3)16(13-20)19(21-17)23-8-10-24-11-9-23/h4-7,12H,8-11H2,1-3H3. The smallest absolute Gasteiger partial charge is 0.148 e. The average Bonchev–Trinajstić information content (AvgIpc) is 2.67. The van der Waals surface area contributed by atoms with E-state index >= 15 is 0 Å². The molecule has 0 spiro atoms. The summed E-state index contributed by atoms with van der Waals surface area (Å²) in [4.78, 5) is 10.0. The molecule has 0 saturated carbocycles. The van der Waals surface area contributed by atoms with E-state index < -0.39 is 0 Å². The lowest BCUT2D eigenvalue weighted by atomic mass is 10.1. The lowest BCUT2D eigenvalue weighted by Gasteiger charge is -2.29. The minimum absolute atomic E-state index is 0.656. The topological polar surface area (TPSA) is 52.4 Å². The predicted octanol–water partition coefficient (Wildman–Crippen LogP) is 3.24. The summed E-state index contributed by atoms with van der Waals surface area (Å²) in [6.07, 6.45) is 2.00. The zero-order valence-corrected chi connectivity index (χ0v) is 15.6. The number of hydrogen-bond donors (Lipinski definition) is 0. The van der Waals surface area contributed by atoms with Crippen LogP contribution in [0.2, 0.25) is 0 Å². The van der Waals surface area contributed by atoms with Crippen LogP contribution in [0.1, 0.15) is 5.56 Å². The average molecular weight is 354 g/mol. The summed E-state index contributed by atoms with van der Waals surface area (Å²) in [6.45, 7) is 2.86. The van der Waals surface area contributed by atoms with Gasteiger partial charge in [-0.25, -0.2) is 4.98 Å². The van der Waals surface area contributed by atoms with Gasteiger partial charge in [-0.1, -0.05) is 12.1 Å². The molecule has 2 aromatic rings. The Hall–Kier alpha value is -2.23. The van der Waals surface area contributed by atoms with Gasteiger partial charge < -0.3 is 14.5 Å². The van der Waals surface area contributed by atoms with E-state index in [1.54, 1.807) is 11.8 Å². The van der Waals surface area contributed by atoms with Gasteiger partial charge in [0.2, 0.25) is 0 Å². The van der Waals surface area contributed by atoms with Gasteiger partial charge in [0.15, 0.2) is 0 Å². The molecule has 0 bridgehead atoms. The molecule has 0 atom stereocenters. The molecule has 25 heavy (non-hydrogen) atoms. The van der Waals surface area contributed by atoms with Crippen LogP contribution in [-0.4, -0.2) is 51.6 Å². The molecule has 1 aromatic carbocycles. The van der Waals surface area contributed by atoms with Crippen molar-refractivity contribution < 1.29 is 4.74 Å². The third-order valence-electron chi connectivity index (χ3n) is 4.29. The first kappa shape index (κ1) is 17.6. The summed E-state index contributed by atoms with van der Waals surface area (Å²) in [7, 11) is 4.05. The van der Waals surface area contributed by atoms with E-state index in [4.69, 9.17) is 9.72 Å². The fraction of sp³-hybridized carbons (Fsp3) is 0.368. The van der Waals surface area contributed by atoms with Crippen molar-refractivity contribution in [2.45, 2.75) is 4.90 Å². The molecule has 2 heterocycles. The molecule has 1 fully saturated rings. The Balaban J connectivity index is 2.06. The maximum absolute atomic E-state index is 9.65. The Morgan fingerprint density at radius 1 is 1.20 bits per heavy atom. The van der Waals surface area contributed by atoms with E-state index in [-0.39, 0.29) is 0 Å². The maximum atomic E-state index is 9.65. The first-order chi connectivity index (χ1) is 12.1. The number of anilines is 2. The van der Waals surface area contributed by atoms with Crippen LogP contribution in [0.5, 0.6) is 0 Å². The van der Waals surface area contributed by atoms with Crippen LogP contribution < -0.4 is 9.80 Å². The SMILES string of the molecule is CSc1cc(-c2ccc(N(C)C)cc2)nc(N2CCOCC2)c1C#N. The van der Waals surface area contributed by atoms with E-state index in [1.165, 1.54) is 0 Å². The van der Waals surface area contributed by atoms with Crippen molar-refractivity contribution in [1.82, 2.24) is 4.98 Å². The van der Waals surface area contributed by atoms with Crippen molar-refractivity contribution in [3.8, 4) is 17.3 Å². The number of morpholine rings is 1. The second-order valence-electron chi connectivity index (χ2n) is 6.06. The quantitative estimate of drug-likeness (QED) is 0.786. The van der Waals surface area contributed by atoms with Gasteiger partial charge >= 0.3 is 0 Å². The second kappa shape index (κ2) is 7.77. The molecular weight excluding hydrogens is 332 g/mol. The molecular formula is C19H22N4OS. The molecule has 130 valence electrons. The van der Waals surface area contributed by atoms with Gasteiger partial charge in [0.1, 0.15) is 17.5 Å². The van der Waals surface area contributed by atoms with Crippen LogP contribution in [0.3, 0.4) is 0 Å². The van der Waals surface area contributed by atoms with Gasteiger partial charge in [0.05, 0.1) is 18.9 Å². The van der Waals surface area contributed by atoms with Crippen molar-refractivity contribution in [1.29, 1.82) is 5.26 Å². The van der Waals surface area contributed by atoms with Gasteiger partial charge in [-0.05, 0) is 24.5 Å². The first-order valence-corrected chi connectivity index (χ1v) is 9.46. The number of thioether (sulfide) groups is 1. The lowest BCUT2D eigenvalue weighted by Crippen LogP contribution is -2.37. The van der Waals surface area contributed by atoms with Crippen molar-refractivity contribution in [2.24, 2.45) is 0 Å². The van der Waals surface area contributed by atoms with Gasteiger partial charge in [-0.2, -0.15) is 5.26 Å². The Morgan fingerprint density at radius 2 is 1.88 bits per heavy atom. The van der Waals surface area contributed by atoms with Gasteiger partial charge in [-0.15, -0.1) is 11.8 Å². The third kappa shape index (κ3) is 3.73. The van der Waals surface area contributed by atoms with Gasteiger partial charge in [0, 0.05) is 43.3 Å². The van der Waals surface area contributed by atoms with Crippen LogP contribution in [0.25, 0.3) is 11.3 Å². The summed E-state index contributed by atoms with van der Waals surface area (Å²) in [5.41, 5.74) is 3.76. The van der Waals surface area contributed by atoms with Crippen molar-refractivity contribution in [2.75, 3.05) is 56.5 Å². The minimum atomic E-state index is 0.656. The highest BCUT2D eigenvalue weighted by molar-refractivity contribution is 7.98. The van der Waals surface area contributed by atoms with Gasteiger partial charge in [0.25, 0.3) is 0 Å². The van der Waals surface area contributed by atoms with Crippen molar-refractivity contribution >= 4 is 23.3 Å².